The molecule has 2 rings (SSSR count). The summed E-state index contributed by atoms with van der Waals surface area (Å²) in [5.74, 6) is -0.712. The van der Waals surface area contributed by atoms with E-state index in [2.05, 4.69) is 10.2 Å². The Balaban J connectivity index is 1.81. The van der Waals surface area contributed by atoms with Crippen molar-refractivity contribution in [2.75, 3.05) is 13.1 Å². The molecule has 0 aliphatic carbocycles. The van der Waals surface area contributed by atoms with Crippen LogP contribution in [0, 0.1) is 0 Å². The maximum Gasteiger partial charge on any atom is 0.304 e. The van der Waals surface area contributed by atoms with Crippen LogP contribution >= 0.6 is 0 Å². The van der Waals surface area contributed by atoms with Gasteiger partial charge in [0.15, 0.2) is 0 Å². The number of aliphatic carboxylic acids is 1. The molecule has 4 nitrogen and oxygen atoms in total. The van der Waals surface area contributed by atoms with Crippen LogP contribution in [0.25, 0.3) is 0 Å². The van der Waals surface area contributed by atoms with Crippen LogP contribution in [0.4, 0.5) is 0 Å². The lowest BCUT2D eigenvalue weighted by molar-refractivity contribution is -0.137. The van der Waals surface area contributed by atoms with Gasteiger partial charge in [-0.1, -0.05) is 0 Å². The van der Waals surface area contributed by atoms with E-state index in [1.807, 2.05) is 6.92 Å². The van der Waals surface area contributed by atoms with Crippen molar-refractivity contribution in [3.8, 4) is 0 Å². The molecule has 0 saturated carbocycles. The van der Waals surface area contributed by atoms with Crippen LogP contribution in [0.15, 0.2) is 0 Å². The average molecular weight is 212 g/mol. The van der Waals surface area contributed by atoms with Crippen LogP contribution in [0.3, 0.4) is 0 Å². The number of nitrogens with one attached hydrogen (secondary N) is 1. The van der Waals surface area contributed by atoms with Gasteiger partial charge >= 0.3 is 5.97 Å². The topological polar surface area (TPSA) is 52.6 Å². The Kier molecular flexibility index (Phi) is 3.26. The Morgan fingerprint density at radius 2 is 2.33 bits per heavy atom. The Labute approximate surface area is 90.6 Å². The zero-order chi connectivity index (χ0) is 10.8. The van der Waals surface area contributed by atoms with Gasteiger partial charge in [-0.05, 0) is 32.7 Å². The van der Waals surface area contributed by atoms with E-state index in [0.717, 1.165) is 0 Å². The van der Waals surface area contributed by atoms with E-state index in [1.54, 1.807) is 0 Å². The fourth-order valence-corrected chi connectivity index (χ4v) is 2.96. The summed E-state index contributed by atoms with van der Waals surface area (Å²) >= 11 is 0. The molecule has 2 saturated heterocycles. The van der Waals surface area contributed by atoms with Crippen molar-refractivity contribution in [1.82, 2.24) is 10.2 Å². The summed E-state index contributed by atoms with van der Waals surface area (Å²) in [4.78, 5) is 13.1. The fraction of sp³-hybridized carbons (Fsp3) is 0.909. The molecule has 2 aliphatic rings. The summed E-state index contributed by atoms with van der Waals surface area (Å²) in [7, 11) is 0. The monoisotopic (exact) mass is 212 g/mol. The molecule has 3 atom stereocenters. The predicted octanol–water partition coefficient (Wildman–Crippen LogP) is 0.676. The lowest BCUT2D eigenvalue weighted by Gasteiger charge is -2.24. The Hall–Kier alpha value is -0.610. The molecular formula is C11H20N2O2. The number of carbonyl (C=O) groups is 1. The number of carboxylic acids is 1. The highest BCUT2D eigenvalue weighted by molar-refractivity contribution is 5.67. The van der Waals surface area contributed by atoms with E-state index >= 15 is 0 Å². The summed E-state index contributed by atoms with van der Waals surface area (Å²) < 4.78 is 0. The second-order valence-electron chi connectivity index (χ2n) is 4.81. The van der Waals surface area contributed by atoms with Gasteiger partial charge in [-0.15, -0.1) is 0 Å². The van der Waals surface area contributed by atoms with Gasteiger partial charge in [0.1, 0.15) is 0 Å². The number of carboxylic acid groups (broad SMARTS) is 1. The molecule has 2 aliphatic heterocycles. The van der Waals surface area contributed by atoms with Crippen molar-refractivity contribution in [2.24, 2.45) is 0 Å². The highest BCUT2D eigenvalue weighted by Crippen LogP contribution is 2.28. The van der Waals surface area contributed by atoms with Crippen molar-refractivity contribution in [3.63, 3.8) is 0 Å². The number of fused-ring (bicyclic) bond motifs is 1. The number of rotatable bonds is 4. The first-order valence-corrected chi connectivity index (χ1v) is 5.88. The van der Waals surface area contributed by atoms with Crippen LogP contribution in [-0.2, 0) is 4.79 Å². The third-order valence-electron chi connectivity index (χ3n) is 3.59. The second kappa shape index (κ2) is 4.49. The maximum absolute atomic E-state index is 10.6. The molecule has 86 valence electrons. The van der Waals surface area contributed by atoms with Crippen LogP contribution in [0.2, 0.25) is 0 Å². The van der Waals surface area contributed by atoms with Crippen molar-refractivity contribution in [1.29, 1.82) is 0 Å². The van der Waals surface area contributed by atoms with E-state index in [1.165, 1.54) is 32.4 Å². The standard InChI is InChI=1S/C11H20N2O2/c1-8(7-11(14)15)12-9-4-6-13-5-2-3-10(9)13/h8-10,12H,2-7H2,1H3,(H,14,15). The summed E-state index contributed by atoms with van der Waals surface area (Å²) in [6, 6.07) is 1.27. The van der Waals surface area contributed by atoms with Crippen molar-refractivity contribution < 1.29 is 9.90 Å². The van der Waals surface area contributed by atoms with Gasteiger partial charge in [0, 0.05) is 24.7 Å². The Bertz CT molecular complexity index is 245. The van der Waals surface area contributed by atoms with Gasteiger partial charge in [0.2, 0.25) is 0 Å². The van der Waals surface area contributed by atoms with Crippen molar-refractivity contribution >= 4 is 5.97 Å². The summed E-state index contributed by atoms with van der Waals surface area (Å²) in [5.41, 5.74) is 0. The first-order chi connectivity index (χ1) is 7.16. The van der Waals surface area contributed by atoms with E-state index in [0.29, 0.717) is 12.1 Å². The second-order valence-corrected chi connectivity index (χ2v) is 4.81. The molecule has 3 unspecified atom stereocenters. The molecule has 4 heteroatoms. The maximum atomic E-state index is 10.6. The first-order valence-electron chi connectivity index (χ1n) is 5.88. The molecule has 0 aromatic carbocycles. The van der Waals surface area contributed by atoms with E-state index in [4.69, 9.17) is 5.11 Å². The van der Waals surface area contributed by atoms with Gasteiger partial charge in [-0.25, -0.2) is 0 Å². The molecule has 0 aromatic rings. The van der Waals surface area contributed by atoms with Gasteiger partial charge < -0.3 is 10.4 Å². The molecule has 2 N–H and O–H groups in total. The number of hydrogen-bond acceptors (Lipinski definition) is 3. The van der Waals surface area contributed by atoms with Crippen LogP contribution in [0.5, 0.6) is 0 Å². The van der Waals surface area contributed by atoms with Gasteiger partial charge in [0.05, 0.1) is 6.42 Å². The smallest absolute Gasteiger partial charge is 0.304 e. The summed E-state index contributed by atoms with van der Waals surface area (Å²) in [6.07, 6.45) is 3.98. The minimum atomic E-state index is -0.712. The van der Waals surface area contributed by atoms with Gasteiger partial charge in [0.25, 0.3) is 0 Å². The van der Waals surface area contributed by atoms with E-state index < -0.39 is 5.97 Å². The van der Waals surface area contributed by atoms with Gasteiger partial charge in [-0.3, -0.25) is 9.69 Å². The molecule has 0 bridgehead atoms. The molecule has 2 heterocycles. The lowest BCUT2D eigenvalue weighted by atomic mass is 10.1. The van der Waals surface area contributed by atoms with Crippen LogP contribution < -0.4 is 5.32 Å². The molecule has 15 heavy (non-hydrogen) atoms. The third kappa shape index (κ3) is 2.49. The molecule has 0 amide bonds. The normalized spacial score (nSPS) is 32.9. The molecule has 0 aromatic heterocycles. The quantitative estimate of drug-likeness (QED) is 0.719. The highest BCUT2D eigenvalue weighted by Gasteiger charge is 2.37. The van der Waals surface area contributed by atoms with Crippen LogP contribution in [0.1, 0.15) is 32.6 Å². The number of nitrogens with zero attached hydrogens (tertiary/aromatic N) is 1. The molecule has 0 radical (unpaired) electrons. The highest BCUT2D eigenvalue weighted by atomic mass is 16.4. The predicted molar refractivity (Wildman–Crippen MR) is 57.9 cm³/mol. The minimum absolute atomic E-state index is 0.0908. The SMILES string of the molecule is CC(CC(=O)O)NC1CCN2CCCC12. The molecular weight excluding hydrogens is 192 g/mol. The van der Waals surface area contributed by atoms with E-state index in [-0.39, 0.29) is 12.5 Å². The van der Waals surface area contributed by atoms with E-state index in [9.17, 15) is 4.79 Å². The summed E-state index contributed by atoms with van der Waals surface area (Å²) in [5, 5.41) is 12.2. The average Bonchev–Trinajstić information content (AvgIpc) is 2.68. The third-order valence-corrected chi connectivity index (χ3v) is 3.59. The first kappa shape index (κ1) is 10.9. The zero-order valence-corrected chi connectivity index (χ0v) is 9.28. The number of hydrogen-bond donors (Lipinski definition) is 2. The molecule has 0 spiro atoms. The minimum Gasteiger partial charge on any atom is -0.481 e. The Morgan fingerprint density at radius 3 is 3.07 bits per heavy atom. The van der Waals surface area contributed by atoms with Crippen molar-refractivity contribution in [3.05, 3.63) is 0 Å². The van der Waals surface area contributed by atoms with Gasteiger partial charge in [-0.2, -0.15) is 0 Å². The summed E-state index contributed by atoms with van der Waals surface area (Å²) in [6.45, 7) is 4.38. The fourth-order valence-electron chi connectivity index (χ4n) is 2.96. The largest absolute Gasteiger partial charge is 0.481 e. The Morgan fingerprint density at radius 1 is 1.53 bits per heavy atom. The zero-order valence-electron chi connectivity index (χ0n) is 9.28. The lowest BCUT2D eigenvalue weighted by Crippen LogP contribution is -2.44. The van der Waals surface area contributed by atoms with Crippen molar-refractivity contribution in [2.45, 2.75) is 50.7 Å². The molecule has 2 fully saturated rings. The van der Waals surface area contributed by atoms with Crippen LogP contribution in [-0.4, -0.2) is 47.2 Å².